The van der Waals surface area contributed by atoms with Crippen molar-refractivity contribution < 1.29 is 5.11 Å². The van der Waals surface area contributed by atoms with Gasteiger partial charge in [0.25, 0.3) is 0 Å². The van der Waals surface area contributed by atoms with Gasteiger partial charge in [-0.1, -0.05) is 37.6 Å². The number of rotatable bonds is 2. The van der Waals surface area contributed by atoms with Gasteiger partial charge < -0.3 is 5.11 Å². The second-order valence-corrected chi connectivity index (χ2v) is 6.16. The molecule has 1 heterocycles. The minimum absolute atomic E-state index is 0.291. The van der Waals surface area contributed by atoms with Gasteiger partial charge in [-0.3, -0.25) is 4.90 Å². The Morgan fingerprint density at radius 1 is 1.26 bits per heavy atom. The molecule has 3 unspecified atom stereocenters. The number of aryl methyl sites for hydroxylation is 1. The standard InChI is InChI=1S/C17H25NO/c1-2-13-6-5-11-18(12-13)16-10-9-14-7-3-4-8-15(14)17(16)19/h3-4,7-8,13,16-17,19H,2,5-6,9-12H2,1H3. The quantitative estimate of drug-likeness (QED) is 0.882. The number of fused-ring (bicyclic) bond motifs is 1. The maximum Gasteiger partial charge on any atom is 0.0947 e. The van der Waals surface area contributed by atoms with Crippen LogP contribution in [0.1, 0.15) is 49.8 Å². The summed E-state index contributed by atoms with van der Waals surface area (Å²) in [6, 6.07) is 8.74. The number of aliphatic hydroxyl groups is 1. The molecule has 0 amide bonds. The maximum atomic E-state index is 10.7. The van der Waals surface area contributed by atoms with Crippen LogP contribution in [0, 0.1) is 5.92 Å². The second-order valence-electron chi connectivity index (χ2n) is 6.16. The first-order valence-electron chi connectivity index (χ1n) is 7.79. The lowest BCUT2D eigenvalue weighted by Crippen LogP contribution is -2.47. The molecular formula is C17H25NO. The molecule has 3 atom stereocenters. The van der Waals surface area contributed by atoms with Gasteiger partial charge in [0.15, 0.2) is 0 Å². The van der Waals surface area contributed by atoms with Crippen molar-refractivity contribution in [2.45, 2.75) is 51.2 Å². The molecule has 0 radical (unpaired) electrons. The van der Waals surface area contributed by atoms with Gasteiger partial charge in [0.05, 0.1) is 6.10 Å². The van der Waals surface area contributed by atoms with Crippen LogP contribution in [0.25, 0.3) is 0 Å². The normalized spacial score (nSPS) is 32.0. The summed E-state index contributed by atoms with van der Waals surface area (Å²) in [7, 11) is 0. The van der Waals surface area contributed by atoms with Gasteiger partial charge in [0.1, 0.15) is 0 Å². The summed E-state index contributed by atoms with van der Waals surface area (Å²) >= 11 is 0. The van der Waals surface area contributed by atoms with Crippen LogP contribution in [0.15, 0.2) is 24.3 Å². The molecule has 0 aromatic heterocycles. The van der Waals surface area contributed by atoms with Crippen LogP contribution >= 0.6 is 0 Å². The van der Waals surface area contributed by atoms with E-state index in [1.807, 2.05) is 0 Å². The molecule has 2 heteroatoms. The van der Waals surface area contributed by atoms with Gasteiger partial charge in [-0.2, -0.15) is 0 Å². The van der Waals surface area contributed by atoms with Crippen molar-refractivity contribution >= 4 is 0 Å². The first-order valence-corrected chi connectivity index (χ1v) is 7.79. The van der Waals surface area contributed by atoms with Crippen LogP contribution in [0.4, 0.5) is 0 Å². The molecule has 104 valence electrons. The summed E-state index contributed by atoms with van der Waals surface area (Å²) < 4.78 is 0. The topological polar surface area (TPSA) is 23.5 Å². The summed E-state index contributed by atoms with van der Waals surface area (Å²) in [6.45, 7) is 4.64. The van der Waals surface area contributed by atoms with Crippen LogP contribution in [-0.4, -0.2) is 29.1 Å². The van der Waals surface area contributed by atoms with E-state index < -0.39 is 0 Å². The zero-order chi connectivity index (χ0) is 13.2. The van der Waals surface area contributed by atoms with E-state index in [2.05, 4.69) is 36.1 Å². The molecule has 1 fully saturated rings. The molecular weight excluding hydrogens is 234 g/mol. The average molecular weight is 259 g/mol. The molecule has 2 aliphatic rings. The van der Waals surface area contributed by atoms with Gasteiger partial charge in [-0.05, 0) is 49.3 Å². The zero-order valence-corrected chi connectivity index (χ0v) is 11.9. The first kappa shape index (κ1) is 13.1. The fraction of sp³-hybridized carbons (Fsp3) is 0.647. The molecule has 0 bridgehead atoms. The van der Waals surface area contributed by atoms with E-state index >= 15 is 0 Å². The molecule has 1 aliphatic heterocycles. The molecule has 1 aliphatic carbocycles. The number of hydrogen-bond acceptors (Lipinski definition) is 2. The third kappa shape index (κ3) is 2.56. The lowest BCUT2D eigenvalue weighted by atomic mass is 9.83. The van der Waals surface area contributed by atoms with E-state index in [1.165, 1.54) is 37.9 Å². The van der Waals surface area contributed by atoms with Gasteiger partial charge in [-0.15, -0.1) is 0 Å². The van der Waals surface area contributed by atoms with E-state index in [0.29, 0.717) is 6.04 Å². The minimum Gasteiger partial charge on any atom is -0.387 e. The summed E-state index contributed by atoms with van der Waals surface area (Å²) in [4.78, 5) is 2.55. The molecule has 0 saturated carbocycles. The van der Waals surface area contributed by atoms with Crippen molar-refractivity contribution in [1.29, 1.82) is 0 Å². The summed E-state index contributed by atoms with van der Waals surface area (Å²) in [5.74, 6) is 0.832. The number of aliphatic hydroxyl groups excluding tert-OH is 1. The predicted octanol–water partition coefficient (Wildman–Crippen LogP) is 3.16. The highest BCUT2D eigenvalue weighted by molar-refractivity contribution is 5.32. The van der Waals surface area contributed by atoms with Crippen LogP contribution in [0.2, 0.25) is 0 Å². The Morgan fingerprint density at radius 2 is 2.11 bits per heavy atom. The molecule has 1 N–H and O–H groups in total. The van der Waals surface area contributed by atoms with Crippen LogP contribution < -0.4 is 0 Å². The molecule has 0 spiro atoms. The number of benzene rings is 1. The van der Waals surface area contributed by atoms with E-state index in [4.69, 9.17) is 0 Å². The SMILES string of the molecule is CCC1CCCN(C2CCc3ccccc3C2O)C1. The fourth-order valence-corrected chi connectivity index (χ4v) is 3.83. The van der Waals surface area contributed by atoms with Crippen molar-refractivity contribution in [1.82, 2.24) is 4.90 Å². The molecule has 1 aromatic carbocycles. The molecule has 1 aromatic rings. The van der Waals surface area contributed by atoms with Crippen molar-refractivity contribution in [3.63, 3.8) is 0 Å². The van der Waals surface area contributed by atoms with Gasteiger partial charge in [-0.25, -0.2) is 0 Å². The van der Waals surface area contributed by atoms with Crippen LogP contribution in [-0.2, 0) is 6.42 Å². The molecule has 19 heavy (non-hydrogen) atoms. The smallest absolute Gasteiger partial charge is 0.0947 e. The monoisotopic (exact) mass is 259 g/mol. The third-order valence-electron chi connectivity index (χ3n) is 5.04. The maximum absolute atomic E-state index is 10.7. The van der Waals surface area contributed by atoms with Crippen LogP contribution in [0.5, 0.6) is 0 Å². The van der Waals surface area contributed by atoms with Gasteiger partial charge in [0.2, 0.25) is 0 Å². The van der Waals surface area contributed by atoms with Crippen molar-refractivity contribution in [2.75, 3.05) is 13.1 Å². The largest absolute Gasteiger partial charge is 0.387 e. The summed E-state index contributed by atoms with van der Waals surface area (Å²) in [5, 5.41) is 10.7. The first-order chi connectivity index (χ1) is 9.29. The number of likely N-dealkylation sites (tertiary alicyclic amines) is 1. The van der Waals surface area contributed by atoms with E-state index in [1.54, 1.807) is 0 Å². The van der Waals surface area contributed by atoms with Gasteiger partial charge in [0, 0.05) is 12.6 Å². The number of hydrogen-bond donors (Lipinski definition) is 1. The lowest BCUT2D eigenvalue weighted by molar-refractivity contribution is 0.0128. The highest BCUT2D eigenvalue weighted by Gasteiger charge is 2.34. The second kappa shape index (κ2) is 5.64. The Hall–Kier alpha value is -0.860. The average Bonchev–Trinajstić information content (AvgIpc) is 2.48. The number of piperidine rings is 1. The van der Waals surface area contributed by atoms with E-state index in [0.717, 1.165) is 24.3 Å². The van der Waals surface area contributed by atoms with Crippen molar-refractivity contribution in [2.24, 2.45) is 5.92 Å². The Balaban J connectivity index is 1.76. The minimum atomic E-state index is -0.291. The van der Waals surface area contributed by atoms with E-state index in [9.17, 15) is 5.11 Å². The van der Waals surface area contributed by atoms with Gasteiger partial charge >= 0.3 is 0 Å². The third-order valence-corrected chi connectivity index (χ3v) is 5.04. The van der Waals surface area contributed by atoms with Crippen LogP contribution in [0.3, 0.4) is 0 Å². The molecule has 2 nitrogen and oxygen atoms in total. The Labute approximate surface area is 116 Å². The van der Waals surface area contributed by atoms with Crippen molar-refractivity contribution in [3.05, 3.63) is 35.4 Å². The Bertz CT molecular complexity index is 431. The zero-order valence-electron chi connectivity index (χ0n) is 11.9. The van der Waals surface area contributed by atoms with E-state index in [-0.39, 0.29) is 6.10 Å². The fourth-order valence-electron chi connectivity index (χ4n) is 3.83. The summed E-state index contributed by atoms with van der Waals surface area (Å²) in [5.41, 5.74) is 2.51. The highest BCUT2D eigenvalue weighted by Crippen LogP contribution is 2.35. The highest BCUT2D eigenvalue weighted by atomic mass is 16.3. The predicted molar refractivity (Wildman–Crippen MR) is 78.1 cm³/mol. The Kier molecular flexibility index (Phi) is 3.90. The molecule has 3 rings (SSSR count). The molecule has 1 saturated heterocycles. The Morgan fingerprint density at radius 3 is 2.95 bits per heavy atom. The summed E-state index contributed by atoms with van der Waals surface area (Å²) in [6.07, 6.45) is 5.87. The lowest BCUT2D eigenvalue weighted by Gasteiger charge is -2.42. The van der Waals surface area contributed by atoms with Crippen molar-refractivity contribution in [3.8, 4) is 0 Å². The number of nitrogens with zero attached hydrogens (tertiary/aromatic N) is 1.